The molecule has 124 valence electrons. The minimum atomic E-state index is -0.552. The molecule has 1 fully saturated rings. The van der Waals surface area contributed by atoms with Crippen molar-refractivity contribution in [1.82, 2.24) is 10.2 Å². The van der Waals surface area contributed by atoms with E-state index < -0.39 is 5.92 Å². The molecule has 1 unspecified atom stereocenters. The van der Waals surface area contributed by atoms with Gasteiger partial charge in [-0.05, 0) is 43.7 Å². The lowest BCUT2D eigenvalue weighted by Gasteiger charge is -2.18. The van der Waals surface area contributed by atoms with Crippen LogP contribution in [-0.2, 0) is 16.0 Å². The third-order valence-electron chi connectivity index (χ3n) is 3.84. The Hall–Kier alpha value is -1.88. The molecule has 2 heterocycles. The van der Waals surface area contributed by atoms with E-state index in [1.54, 1.807) is 16.2 Å². The van der Waals surface area contributed by atoms with Gasteiger partial charge in [0.1, 0.15) is 5.92 Å². The Morgan fingerprint density at radius 2 is 2.35 bits per heavy atom. The van der Waals surface area contributed by atoms with Crippen LogP contribution in [0.25, 0.3) is 0 Å². The summed E-state index contributed by atoms with van der Waals surface area (Å²) >= 11 is 1.68. The van der Waals surface area contributed by atoms with Crippen molar-refractivity contribution in [3.8, 4) is 0 Å². The Bertz CT molecular complexity index is 590. The number of hydrogen-bond acceptors (Lipinski definition) is 3. The second-order valence-corrected chi connectivity index (χ2v) is 6.52. The van der Waals surface area contributed by atoms with Crippen LogP contribution in [0.4, 0.5) is 0 Å². The van der Waals surface area contributed by atoms with Crippen molar-refractivity contribution in [2.75, 3.05) is 13.1 Å². The van der Waals surface area contributed by atoms with E-state index in [2.05, 4.69) is 11.4 Å². The van der Waals surface area contributed by atoms with Gasteiger partial charge in [-0.3, -0.25) is 9.59 Å². The zero-order chi connectivity index (χ0) is 16.7. The lowest BCUT2D eigenvalue weighted by molar-refractivity contribution is -0.136. The average molecular weight is 332 g/mol. The SMILES string of the molecule is C/C=C\C(=C/CC)N1CCC(C(=O)NCCc2cccs2)C1=O. The number of nitrogens with one attached hydrogen (secondary N) is 1. The van der Waals surface area contributed by atoms with Gasteiger partial charge in [-0.15, -0.1) is 11.3 Å². The topological polar surface area (TPSA) is 49.4 Å². The van der Waals surface area contributed by atoms with Crippen molar-refractivity contribution in [1.29, 1.82) is 0 Å². The lowest BCUT2D eigenvalue weighted by Crippen LogP contribution is -2.37. The molecule has 1 aliphatic rings. The zero-order valence-corrected chi connectivity index (χ0v) is 14.6. The van der Waals surface area contributed by atoms with Crippen molar-refractivity contribution in [2.24, 2.45) is 5.92 Å². The molecule has 1 aromatic rings. The highest BCUT2D eigenvalue weighted by atomic mass is 32.1. The molecule has 0 aromatic carbocycles. The Balaban J connectivity index is 1.90. The normalized spacial score (nSPS) is 18.9. The molecule has 0 bridgehead atoms. The van der Waals surface area contributed by atoms with E-state index >= 15 is 0 Å². The molecule has 4 nitrogen and oxygen atoms in total. The van der Waals surface area contributed by atoms with E-state index in [-0.39, 0.29) is 11.8 Å². The van der Waals surface area contributed by atoms with Gasteiger partial charge in [0, 0.05) is 23.7 Å². The van der Waals surface area contributed by atoms with Crippen LogP contribution >= 0.6 is 11.3 Å². The highest BCUT2D eigenvalue weighted by molar-refractivity contribution is 7.09. The molecular formula is C18H24N2O2S. The van der Waals surface area contributed by atoms with Gasteiger partial charge < -0.3 is 10.2 Å². The fourth-order valence-electron chi connectivity index (χ4n) is 2.71. The number of carbonyl (C=O) groups is 2. The number of hydrogen-bond donors (Lipinski definition) is 1. The van der Waals surface area contributed by atoms with Crippen molar-refractivity contribution < 1.29 is 9.59 Å². The van der Waals surface area contributed by atoms with E-state index in [0.717, 1.165) is 18.5 Å². The Morgan fingerprint density at radius 3 is 3.00 bits per heavy atom. The molecule has 1 atom stereocenters. The molecule has 1 N–H and O–H groups in total. The number of thiophene rings is 1. The number of carbonyl (C=O) groups excluding carboxylic acids is 2. The first-order chi connectivity index (χ1) is 11.2. The largest absolute Gasteiger partial charge is 0.355 e. The molecule has 0 spiro atoms. The van der Waals surface area contributed by atoms with Crippen molar-refractivity contribution in [3.05, 3.63) is 46.3 Å². The summed E-state index contributed by atoms with van der Waals surface area (Å²) in [5, 5.41) is 4.93. The minimum absolute atomic E-state index is 0.0866. The van der Waals surface area contributed by atoms with Gasteiger partial charge in [-0.1, -0.05) is 25.1 Å². The predicted molar refractivity (Wildman–Crippen MR) is 94.0 cm³/mol. The Kier molecular flexibility index (Phi) is 6.59. The van der Waals surface area contributed by atoms with E-state index in [0.29, 0.717) is 19.5 Å². The van der Waals surface area contributed by atoms with Gasteiger partial charge in [0.05, 0.1) is 0 Å². The van der Waals surface area contributed by atoms with Gasteiger partial charge in [-0.2, -0.15) is 0 Å². The van der Waals surface area contributed by atoms with Gasteiger partial charge in [-0.25, -0.2) is 0 Å². The molecule has 0 aliphatic carbocycles. The van der Waals surface area contributed by atoms with Crippen LogP contribution in [0.5, 0.6) is 0 Å². The summed E-state index contributed by atoms with van der Waals surface area (Å²) in [5.74, 6) is -0.786. The first kappa shape index (κ1) is 17.5. The van der Waals surface area contributed by atoms with Gasteiger partial charge in [0.25, 0.3) is 0 Å². The van der Waals surface area contributed by atoms with Crippen LogP contribution in [0, 0.1) is 5.92 Å². The van der Waals surface area contributed by atoms with E-state index in [9.17, 15) is 9.59 Å². The standard InChI is InChI=1S/C18H24N2O2S/c1-3-6-14(7-4-2)20-12-10-16(18(20)22)17(21)19-11-9-15-8-5-13-23-15/h3,5-8,13,16H,4,9-12H2,1-2H3,(H,19,21)/b6-3-,14-7+. The van der Waals surface area contributed by atoms with Crippen LogP contribution in [0.1, 0.15) is 31.6 Å². The van der Waals surface area contributed by atoms with Crippen LogP contribution in [0.3, 0.4) is 0 Å². The van der Waals surface area contributed by atoms with Crippen molar-refractivity contribution in [2.45, 2.75) is 33.1 Å². The smallest absolute Gasteiger partial charge is 0.239 e. The molecule has 0 radical (unpaired) electrons. The molecule has 1 saturated heterocycles. The number of nitrogens with zero attached hydrogens (tertiary/aromatic N) is 1. The maximum absolute atomic E-state index is 12.5. The van der Waals surface area contributed by atoms with Gasteiger partial charge in [0.15, 0.2) is 0 Å². The third kappa shape index (κ3) is 4.55. The maximum Gasteiger partial charge on any atom is 0.239 e. The summed E-state index contributed by atoms with van der Waals surface area (Å²) in [7, 11) is 0. The first-order valence-electron chi connectivity index (χ1n) is 8.11. The van der Waals surface area contributed by atoms with Crippen LogP contribution in [0.15, 0.2) is 41.4 Å². The van der Waals surface area contributed by atoms with Crippen LogP contribution < -0.4 is 5.32 Å². The van der Waals surface area contributed by atoms with E-state index in [1.165, 1.54) is 4.88 Å². The lowest BCUT2D eigenvalue weighted by atomic mass is 10.1. The van der Waals surface area contributed by atoms with Gasteiger partial charge >= 0.3 is 0 Å². The Labute approximate surface area is 141 Å². The second-order valence-electron chi connectivity index (χ2n) is 5.49. The monoisotopic (exact) mass is 332 g/mol. The second kappa shape index (κ2) is 8.67. The van der Waals surface area contributed by atoms with Crippen LogP contribution in [0.2, 0.25) is 0 Å². The molecule has 0 saturated carbocycles. The zero-order valence-electron chi connectivity index (χ0n) is 13.7. The molecule has 2 amide bonds. The van der Waals surface area contributed by atoms with E-state index in [1.807, 2.05) is 43.5 Å². The maximum atomic E-state index is 12.5. The van der Waals surface area contributed by atoms with Crippen molar-refractivity contribution in [3.63, 3.8) is 0 Å². The van der Waals surface area contributed by atoms with Gasteiger partial charge in [0.2, 0.25) is 11.8 Å². The summed E-state index contributed by atoms with van der Waals surface area (Å²) in [4.78, 5) is 27.8. The number of rotatable bonds is 7. The summed E-state index contributed by atoms with van der Waals surface area (Å²) in [6.07, 6.45) is 8.13. The molecule has 23 heavy (non-hydrogen) atoms. The molecule has 1 aliphatic heterocycles. The molecule has 5 heteroatoms. The Morgan fingerprint density at radius 1 is 1.52 bits per heavy atom. The summed E-state index contributed by atoms with van der Waals surface area (Å²) < 4.78 is 0. The minimum Gasteiger partial charge on any atom is -0.355 e. The third-order valence-corrected chi connectivity index (χ3v) is 4.77. The van der Waals surface area contributed by atoms with Crippen molar-refractivity contribution >= 4 is 23.2 Å². The molecule has 1 aromatic heterocycles. The summed E-state index contributed by atoms with van der Waals surface area (Å²) in [6.45, 7) is 5.16. The summed E-state index contributed by atoms with van der Waals surface area (Å²) in [6, 6.07) is 4.06. The fraction of sp³-hybridized carbons (Fsp3) is 0.444. The quantitative estimate of drug-likeness (QED) is 0.616. The number of likely N-dealkylation sites (tertiary alicyclic amines) is 1. The predicted octanol–water partition coefficient (Wildman–Crippen LogP) is 3.13. The number of allylic oxidation sites excluding steroid dienone is 3. The molecular weight excluding hydrogens is 308 g/mol. The highest BCUT2D eigenvalue weighted by Crippen LogP contribution is 2.23. The van der Waals surface area contributed by atoms with E-state index in [4.69, 9.17) is 0 Å². The van der Waals surface area contributed by atoms with Crippen LogP contribution in [-0.4, -0.2) is 29.8 Å². The average Bonchev–Trinajstić information content (AvgIpc) is 3.16. The highest BCUT2D eigenvalue weighted by Gasteiger charge is 2.37. The number of amides is 2. The summed E-state index contributed by atoms with van der Waals surface area (Å²) in [5.41, 5.74) is 0.897. The molecule has 2 rings (SSSR count). The first-order valence-corrected chi connectivity index (χ1v) is 8.99. The fourth-order valence-corrected chi connectivity index (χ4v) is 3.42.